The number of aromatic nitrogens is 1. The molecule has 0 saturated heterocycles. The van der Waals surface area contributed by atoms with Gasteiger partial charge in [0.05, 0.1) is 16.4 Å². The van der Waals surface area contributed by atoms with Gasteiger partial charge in [-0.3, -0.25) is 4.79 Å². The summed E-state index contributed by atoms with van der Waals surface area (Å²) < 4.78 is 0.717. The van der Waals surface area contributed by atoms with Crippen molar-refractivity contribution < 1.29 is 4.79 Å². The largest absolute Gasteiger partial charge is 0.399 e. The van der Waals surface area contributed by atoms with E-state index in [1.54, 1.807) is 18.3 Å². The molecule has 2 heterocycles. The number of aromatic amines is 1. The number of carbonyl (C=O) groups is 1. The highest BCUT2D eigenvalue weighted by atomic mass is 35.5. The van der Waals surface area contributed by atoms with E-state index >= 15 is 0 Å². The molecule has 1 aromatic carbocycles. The summed E-state index contributed by atoms with van der Waals surface area (Å²) >= 11 is 7.31. The van der Waals surface area contributed by atoms with Crippen LogP contribution in [0.2, 0.25) is 4.34 Å². The van der Waals surface area contributed by atoms with E-state index in [9.17, 15) is 4.79 Å². The van der Waals surface area contributed by atoms with Gasteiger partial charge in [0.2, 0.25) is 0 Å². The number of rotatable bonds is 3. The van der Waals surface area contributed by atoms with Crippen molar-refractivity contribution >= 4 is 45.4 Å². The number of nitrogens with one attached hydrogen (secondary N) is 2. The molecule has 0 fully saturated rings. The number of amides is 1. The molecule has 4 nitrogen and oxygen atoms in total. The number of thiophene rings is 1. The Morgan fingerprint density at radius 2 is 2.20 bits per heavy atom. The summed E-state index contributed by atoms with van der Waals surface area (Å²) in [6, 6.07) is 9.18. The zero-order valence-electron chi connectivity index (χ0n) is 10.4. The van der Waals surface area contributed by atoms with Gasteiger partial charge in [-0.25, -0.2) is 0 Å². The number of benzene rings is 1. The Balaban J connectivity index is 1.80. The number of hydrogen-bond donors (Lipinski definition) is 3. The fourth-order valence-electron chi connectivity index (χ4n) is 2.04. The van der Waals surface area contributed by atoms with E-state index in [1.165, 1.54) is 11.3 Å². The predicted octanol–water partition coefficient (Wildman–Crippen LogP) is 3.40. The minimum Gasteiger partial charge on any atom is -0.399 e. The smallest absolute Gasteiger partial charge is 0.253 e. The highest BCUT2D eigenvalue weighted by Crippen LogP contribution is 2.23. The van der Waals surface area contributed by atoms with Crippen LogP contribution in [-0.2, 0) is 6.54 Å². The van der Waals surface area contributed by atoms with Gasteiger partial charge in [-0.05, 0) is 30.3 Å². The molecule has 4 N–H and O–H groups in total. The van der Waals surface area contributed by atoms with Gasteiger partial charge in [-0.2, -0.15) is 0 Å². The first-order chi connectivity index (χ1) is 9.63. The maximum Gasteiger partial charge on any atom is 0.253 e. The zero-order chi connectivity index (χ0) is 14.1. The number of nitrogens with two attached hydrogens (primary N) is 1. The van der Waals surface area contributed by atoms with Gasteiger partial charge in [0.25, 0.3) is 5.91 Å². The third-order valence-corrected chi connectivity index (χ3v) is 4.23. The van der Waals surface area contributed by atoms with E-state index in [0.717, 1.165) is 15.8 Å². The number of carbonyl (C=O) groups excluding carboxylic acids is 1. The van der Waals surface area contributed by atoms with Crippen LogP contribution in [0.5, 0.6) is 0 Å². The van der Waals surface area contributed by atoms with Crippen LogP contribution in [0.25, 0.3) is 10.9 Å². The molecule has 0 spiro atoms. The molecule has 3 aromatic rings. The normalized spacial score (nSPS) is 10.8. The van der Waals surface area contributed by atoms with Crippen LogP contribution >= 0.6 is 22.9 Å². The molecular weight excluding hydrogens is 294 g/mol. The van der Waals surface area contributed by atoms with Crippen molar-refractivity contribution in [3.05, 3.63) is 51.3 Å². The molecular formula is C14H12ClN3OS. The van der Waals surface area contributed by atoms with Crippen LogP contribution in [0, 0.1) is 0 Å². The van der Waals surface area contributed by atoms with Gasteiger partial charge in [0.15, 0.2) is 0 Å². The van der Waals surface area contributed by atoms with Crippen LogP contribution < -0.4 is 11.1 Å². The number of hydrogen-bond acceptors (Lipinski definition) is 3. The molecule has 6 heteroatoms. The number of halogens is 1. The molecule has 0 radical (unpaired) electrons. The average Bonchev–Trinajstić information content (AvgIpc) is 3.02. The van der Waals surface area contributed by atoms with Crippen LogP contribution in [0.4, 0.5) is 5.69 Å². The Morgan fingerprint density at radius 1 is 1.35 bits per heavy atom. The molecule has 3 rings (SSSR count). The summed E-state index contributed by atoms with van der Waals surface area (Å²) in [5, 5.41) is 3.70. The van der Waals surface area contributed by atoms with E-state index < -0.39 is 0 Å². The van der Waals surface area contributed by atoms with Crippen molar-refractivity contribution in [2.75, 3.05) is 5.73 Å². The van der Waals surface area contributed by atoms with Crippen LogP contribution in [0.1, 0.15) is 15.2 Å². The van der Waals surface area contributed by atoms with Gasteiger partial charge in [0.1, 0.15) is 0 Å². The lowest BCUT2D eigenvalue weighted by Gasteiger charge is -2.02. The van der Waals surface area contributed by atoms with Crippen molar-refractivity contribution in [1.82, 2.24) is 10.3 Å². The van der Waals surface area contributed by atoms with Crippen LogP contribution in [0.15, 0.2) is 36.5 Å². The summed E-state index contributed by atoms with van der Waals surface area (Å²) in [5.41, 5.74) is 7.88. The van der Waals surface area contributed by atoms with Gasteiger partial charge in [-0.15, -0.1) is 11.3 Å². The summed E-state index contributed by atoms with van der Waals surface area (Å²) in [7, 11) is 0. The van der Waals surface area contributed by atoms with Crippen LogP contribution in [-0.4, -0.2) is 10.9 Å². The molecule has 102 valence electrons. The van der Waals surface area contributed by atoms with E-state index in [1.807, 2.05) is 18.2 Å². The molecule has 20 heavy (non-hydrogen) atoms. The lowest BCUT2D eigenvalue weighted by molar-refractivity contribution is 0.0953. The summed E-state index contributed by atoms with van der Waals surface area (Å²) in [4.78, 5) is 16.3. The van der Waals surface area contributed by atoms with Crippen molar-refractivity contribution in [2.24, 2.45) is 0 Å². The molecule has 0 aliphatic heterocycles. The number of nitrogen functional groups attached to an aromatic ring is 1. The average molecular weight is 306 g/mol. The Morgan fingerprint density at radius 3 is 2.95 bits per heavy atom. The second-order valence-corrected chi connectivity index (χ2v) is 6.20. The fourth-order valence-corrected chi connectivity index (χ4v) is 3.06. The monoisotopic (exact) mass is 305 g/mol. The maximum atomic E-state index is 12.2. The molecule has 0 atom stereocenters. The lowest BCUT2D eigenvalue weighted by Crippen LogP contribution is -2.21. The van der Waals surface area contributed by atoms with E-state index in [0.29, 0.717) is 22.1 Å². The second-order valence-electron chi connectivity index (χ2n) is 4.40. The summed E-state index contributed by atoms with van der Waals surface area (Å²) in [6.45, 7) is 0.464. The number of anilines is 1. The highest BCUT2D eigenvalue weighted by molar-refractivity contribution is 7.16. The van der Waals surface area contributed by atoms with Gasteiger partial charge in [0, 0.05) is 27.7 Å². The Bertz CT molecular complexity index is 778. The first-order valence-electron chi connectivity index (χ1n) is 6.02. The molecule has 0 aliphatic carbocycles. The first-order valence-corrected chi connectivity index (χ1v) is 7.22. The van der Waals surface area contributed by atoms with Gasteiger partial charge < -0.3 is 16.0 Å². The minimum atomic E-state index is -0.133. The standard InChI is InChI=1S/C14H12ClN3OS/c15-13-4-2-9(20-13)6-18-14(19)11-7-17-12-3-1-8(16)5-10(11)12/h1-5,7,17H,6,16H2,(H,18,19). The Labute approximate surface area is 124 Å². The summed E-state index contributed by atoms with van der Waals surface area (Å²) in [5.74, 6) is -0.133. The predicted molar refractivity (Wildman–Crippen MR) is 83.2 cm³/mol. The van der Waals surface area contributed by atoms with E-state index in [-0.39, 0.29) is 5.91 Å². The topological polar surface area (TPSA) is 70.9 Å². The van der Waals surface area contributed by atoms with Gasteiger partial charge >= 0.3 is 0 Å². The molecule has 2 aromatic heterocycles. The van der Waals surface area contributed by atoms with E-state index in [4.69, 9.17) is 17.3 Å². The van der Waals surface area contributed by atoms with Crippen molar-refractivity contribution in [2.45, 2.75) is 6.54 Å². The quantitative estimate of drug-likeness (QED) is 0.649. The van der Waals surface area contributed by atoms with Crippen molar-refractivity contribution in [1.29, 1.82) is 0 Å². The SMILES string of the molecule is Nc1ccc2[nH]cc(C(=O)NCc3ccc(Cl)s3)c2c1. The molecule has 0 unspecified atom stereocenters. The Kier molecular flexibility index (Phi) is 3.38. The maximum absolute atomic E-state index is 12.2. The fraction of sp³-hybridized carbons (Fsp3) is 0.0714. The number of fused-ring (bicyclic) bond motifs is 1. The number of H-pyrrole nitrogens is 1. The zero-order valence-corrected chi connectivity index (χ0v) is 12.0. The minimum absolute atomic E-state index is 0.133. The Hall–Kier alpha value is -1.98. The molecule has 0 saturated carbocycles. The third-order valence-electron chi connectivity index (χ3n) is 3.00. The third kappa shape index (κ3) is 2.50. The van der Waals surface area contributed by atoms with Crippen molar-refractivity contribution in [3.63, 3.8) is 0 Å². The first kappa shape index (κ1) is 13.0. The molecule has 1 amide bonds. The van der Waals surface area contributed by atoms with Crippen LogP contribution in [0.3, 0.4) is 0 Å². The second kappa shape index (κ2) is 5.19. The molecule has 0 aliphatic rings. The highest BCUT2D eigenvalue weighted by Gasteiger charge is 2.12. The van der Waals surface area contributed by atoms with Crippen molar-refractivity contribution in [3.8, 4) is 0 Å². The summed E-state index contributed by atoms with van der Waals surface area (Å²) in [6.07, 6.45) is 1.70. The molecule has 0 bridgehead atoms. The van der Waals surface area contributed by atoms with E-state index in [2.05, 4.69) is 10.3 Å². The van der Waals surface area contributed by atoms with Gasteiger partial charge in [-0.1, -0.05) is 11.6 Å². The lowest BCUT2D eigenvalue weighted by atomic mass is 10.1.